The van der Waals surface area contributed by atoms with E-state index in [9.17, 15) is 18.0 Å². The van der Waals surface area contributed by atoms with Gasteiger partial charge < -0.3 is 15.2 Å². The number of nitrogens with one attached hydrogen (secondary N) is 1. The van der Waals surface area contributed by atoms with Gasteiger partial charge in [-0.2, -0.15) is 18.3 Å². The molecule has 3 rings (SSSR count). The maximum absolute atomic E-state index is 12.5. The number of hydrogen-bond acceptors (Lipinski definition) is 6. The number of rotatable bonds is 7. The van der Waals surface area contributed by atoms with Crippen molar-refractivity contribution < 1.29 is 27.8 Å². The van der Waals surface area contributed by atoms with Crippen molar-refractivity contribution in [2.75, 3.05) is 19.8 Å². The lowest BCUT2D eigenvalue weighted by molar-refractivity contribution is -0.153. The fraction of sp³-hybridized carbons (Fsp3) is 0.368. The van der Waals surface area contributed by atoms with E-state index < -0.39 is 24.7 Å². The molecule has 0 radical (unpaired) electrons. The van der Waals surface area contributed by atoms with Gasteiger partial charge in [-0.25, -0.2) is 0 Å². The second kappa shape index (κ2) is 8.66. The fourth-order valence-corrected chi connectivity index (χ4v) is 2.99. The van der Waals surface area contributed by atoms with Gasteiger partial charge in [-0.1, -0.05) is 0 Å². The number of aliphatic hydroxyl groups is 1. The molecule has 1 atom stereocenters. The predicted octanol–water partition coefficient (Wildman–Crippen LogP) is 2.41. The summed E-state index contributed by atoms with van der Waals surface area (Å²) in [5, 5.41) is 16.4. The molecule has 3 aromatic rings. The quantitative estimate of drug-likeness (QED) is 0.605. The number of aromatic nitrogens is 4. The van der Waals surface area contributed by atoms with Gasteiger partial charge in [0.25, 0.3) is 5.91 Å². The van der Waals surface area contributed by atoms with Crippen molar-refractivity contribution in [2.24, 2.45) is 0 Å². The highest BCUT2D eigenvalue weighted by Crippen LogP contribution is 2.29. The largest absolute Gasteiger partial charge is 0.482 e. The summed E-state index contributed by atoms with van der Waals surface area (Å²) >= 11 is 0. The van der Waals surface area contributed by atoms with Crippen LogP contribution in [-0.4, -0.2) is 56.7 Å². The van der Waals surface area contributed by atoms with E-state index in [-0.39, 0.29) is 24.6 Å². The summed E-state index contributed by atoms with van der Waals surface area (Å²) in [6, 6.07) is 1.25. The maximum Gasteiger partial charge on any atom is 0.422 e. The molecule has 0 fully saturated rings. The highest BCUT2D eigenvalue weighted by molar-refractivity contribution is 6.04. The van der Waals surface area contributed by atoms with Gasteiger partial charge in [0.1, 0.15) is 11.4 Å². The van der Waals surface area contributed by atoms with Crippen molar-refractivity contribution in [2.45, 2.75) is 26.1 Å². The summed E-state index contributed by atoms with van der Waals surface area (Å²) in [6.45, 7) is 1.95. The average molecular weight is 423 g/mol. The van der Waals surface area contributed by atoms with E-state index in [1.807, 2.05) is 6.92 Å². The Morgan fingerprint density at radius 1 is 1.37 bits per heavy atom. The molecule has 11 heteroatoms. The van der Waals surface area contributed by atoms with Crippen LogP contribution < -0.4 is 10.1 Å². The van der Waals surface area contributed by atoms with E-state index in [0.29, 0.717) is 22.0 Å². The number of nitrogens with zero attached hydrogens (tertiary/aromatic N) is 4. The second-order valence-electron chi connectivity index (χ2n) is 6.61. The maximum atomic E-state index is 12.5. The first-order chi connectivity index (χ1) is 14.2. The van der Waals surface area contributed by atoms with Crippen LogP contribution in [0.4, 0.5) is 13.2 Å². The number of pyridine rings is 2. The van der Waals surface area contributed by atoms with Crippen LogP contribution >= 0.6 is 0 Å². The molecule has 30 heavy (non-hydrogen) atoms. The number of ether oxygens (including phenoxy) is 1. The minimum atomic E-state index is -4.45. The number of aliphatic hydroxyl groups excluding tert-OH is 1. The molecule has 0 aliphatic carbocycles. The van der Waals surface area contributed by atoms with Crippen molar-refractivity contribution in [3.8, 4) is 5.75 Å². The third kappa shape index (κ3) is 4.67. The monoisotopic (exact) mass is 423 g/mol. The van der Waals surface area contributed by atoms with Crippen molar-refractivity contribution in [3.05, 3.63) is 47.7 Å². The molecule has 0 saturated carbocycles. The van der Waals surface area contributed by atoms with Crippen molar-refractivity contribution in [1.29, 1.82) is 0 Å². The van der Waals surface area contributed by atoms with Gasteiger partial charge in [-0.3, -0.25) is 19.4 Å². The number of hydrogen-bond donors (Lipinski definition) is 2. The molecule has 1 unspecified atom stereocenters. The molecule has 0 spiro atoms. The predicted molar refractivity (Wildman–Crippen MR) is 101 cm³/mol. The summed E-state index contributed by atoms with van der Waals surface area (Å²) in [6.07, 6.45) is 1.43. The molecule has 0 aliphatic heterocycles. The second-order valence-corrected chi connectivity index (χ2v) is 6.61. The summed E-state index contributed by atoms with van der Waals surface area (Å²) in [5.41, 5.74) is 1.83. The topological polar surface area (TPSA) is 102 Å². The minimum Gasteiger partial charge on any atom is -0.482 e. The van der Waals surface area contributed by atoms with E-state index in [4.69, 9.17) is 9.84 Å². The Morgan fingerprint density at radius 3 is 2.83 bits per heavy atom. The smallest absolute Gasteiger partial charge is 0.422 e. The van der Waals surface area contributed by atoms with Gasteiger partial charge in [0.05, 0.1) is 29.7 Å². The van der Waals surface area contributed by atoms with E-state index in [2.05, 4.69) is 20.4 Å². The molecular formula is C19H20F3N5O3. The van der Waals surface area contributed by atoms with Gasteiger partial charge in [-0.05, 0) is 25.5 Å². The number of halogens is 3. The van der Waals surface area contributed by atoms with Crippen LogP contribution in [0.25, 0.3) is 10.9 Å². The summed E-state index contributed by atoms with van der Waals surface area (Å²) in [7, 11) is 0. The molecule has 160 valence electrons. The lowest BCUT2D eigenvalue weighted by Gasteiger charge is -2.18. The van der Waals surface area contributed by atoms with Crippen LogP contribution in [0.3, 0.4) is 0 Å². The number of fused-ring (bicyclic) bond motifs is 1. The Balaban J connectivity index is 1.92. The Labute approximate surface area is 169 Å². The molecule has 0 bridgehead atoms. The lowest BCUT2D eigenvalue weighted by Crippen LogP contribution is -2.27. The molecule has 3 heterocycles. The molecule has 0 saturated heterocycles. The number of carbonyl (C=O) groups excluding carboxylic acids is 1. The zero-order valence-corrected chi connectivity index (χ0v) is 16.3. The highest BCUT2D eigenvalue weighted by atomic mass is 19.4. The van der Waals surface area contributed by atoms with Crippen molar-refractivity contribution in [1.82, 2.24) is 25.1 Å². The van der Waals surface area contributed by atoms with Gasteiger partial charge >= 0.3 is 6.18 Å². The summed E-state index contributed by atoms with van der Waals surface area (Å²) in [4.78, 5) is 20.4. The Hall–Kier alpha value is -3.21. The van der Waals surface area contributed by atoms with E-state index in [1.54, 1.807) is 30.1 Å². The third-order valence-electron chi connectivity index (χ3n) is 4.51. The Bertz CT molecular complexity index is 1050. The highest BCUT2D eigenvalue weighted by Gasteiger charge is 2.29. The number of alkyl halides is 3. The first kappa shape index (κ1) is 21.5. The number of amides is 1. The first-order valence-corrected chi connectivity index (χ1v) is 9.08. The molecule has 0 aliphatic rings. The van der Waals surface area contributed by atoms with Gasteiger partial charge in [0.15, 0.2) is 6.61 Å². The van der Waals surface area contributed by atoms with Crippen LogP contribution in [0, 0.1) is 6.92 Å². The van der Waals surface area contributed by atoms with E-state index in [1.165, 1.54) is 12.4 Å². The van der Waals surface area contributed by atoms with Crippen LogP contribution in [0.15, 0.2) is 30.9 Å². The fourth-order valence-electron chi connectivity index (χ4n) is 2.99. The summed E-state index contributed by atoms with van der Waals surface area (Å²) < 4.78 is 43.9. The van der Waals surface area contributed by atoms with E-state index >= 15 is 0 Å². The first-order valence-electron chi connectivity index (χ1n) is 9.08. The van der Waals surface area contributed by atoms with Crippen LogP contribution in [0.2, 0.25) is 0 Å². The van der Waals surface area contributed by atoms with Crippen LogP contribution in [0.1, 0.15) is 34.6 Å². The zero-order chi connectivity index (χ0) is 21.9. The van der Waals surface area contributed by atoms with Gasteiger partial charge in [0.2, 0.25) is 0 Å². The summed E-state index contributed by atoms with van der Waals surface area (Å²) in [5.74, 6) is -0.402. The standard InChI is InChI=1S/C19H20F3N5O3/c1-11-13(7-23-8-16(11)30-10-19(20,21)22)12(2)27-9-14-15(26-27)3-4-24-17(14)18(29)25-5-6-28/h3-4,7-9,12,28H,5-6,10H2,1-2H3,(H,25,29). The van der Waals surface area contributed by atoms with E-state index in [0.717, 1.165) is 0 Å². The molecule has 1 amide bonds. The third-order valence-corrected chi connectivity index (χ3v) is 4.51. The zero-order valence-electron chi connectivity index (χ0n) is 16.3. The number of carbonyl (C=O) groups is 1. The molecule has 8 nitrogen and oxygen atoms in total. The molecule has 0 aromatic carbocycles. The van der Waals surface area contributed by atoms with Gasteiger partial charge in [0, 0.05) is 30.7 Å². The molecule has 2 N–H and O–H groups in total. The van der Waals surface area contributed by atoms with Crippen molar-refractivity contribution in [3.63, 3.8) is 0 Å². The average Bonchev–Trinajstić information content (AvgIpc) is 3.14. The molecular weight excluding hydrogens is 403 g/mol. The van der Waals surface area contributed by atoms with Crippen LogP contribution in [-0.2, 0) is 0 Å². The van der Waals surface area contributed by atoms with Crippen LogP contribution in [0.5, 0.6) is 5.75 Å². The van der Waals surface area contributed by atoms with Crippen molar-refractivity contribution >= 4 is 16.8 Å². The molecule has 3 aromatic heterocycles. The minimum absolute atomic E-state index is 0.0409. The Kier molecular flexibility index (Phi) is 6.20. The lowest BCUT2D eigenvalue weighted by atomic mass is 10.0. The van der Waals surface area contributed by atoms with Gasteiger partial charge in [-0.15, -0.1) is 0 Å². The SMILES string of the molecule is Cc1c(OCC(F)(F)F)cncc1C(C)n1cc2c(C(=O)NCCO)nccc2n1. The normalized spacial score (nSPS) is 12.7. The Morgan fingerprint density at radius 2 is 2.13 bits per heavy atom.